The average molecular weight is 285 g/mol. The number of halogens is 1. The predicted molar refractivity (Wildman–Crippen MR) is 71.1 cm³/mol. The summed E-state index contributed by atoms with van der Waals surface area (Å²) in [6.07, 6.45) is 3.14. The van der Waals surface area contributed by atoms with Gasteiger partial charge in [0.25, 0.3) is 5.91 Å². The Morgan fingerprint density at radius 2 is 2.37 bits per heavy atom. The lowest BCUT2D eigenvalue weighted by Crippen LogP contribution is -2.35. The summed E-state index contributed by atoms with van der Waals surface area (Å²) in [6, 6.07) is 3.13. The molecule has 104 valence electrons. The van der Waals surface area contributed by atoms with E-state index in [0.29, 0.717) is 17.5 Å². The van der Waals surface area contributed by atoms with Gasteiger partial charge >= 0.3 is 0 Å². The van der Waals surface area contributed by atoms with Gasteiger partial charge < -0.3 is 15.2 Å². The molecule has 0 aromatic carbocycles. The van der Waals surface area contributed by atoms with Crippen LogP contribution >= 0.6 is 11.6 Å². The Balaban J connectivity index is 1.65. The minimum absolute atomic E-state index is 0.147. The number of rotatable bonds is 7. The van der Waals surface area contributed by atoms with Crippen LogP contribution in [0.4, 0.5) is 0 Å². The number of pyridine rings is 1. The van der Waals surface area contributed by atoms with Crippen LogP contribution in [-0.2, 0) is 4.74 Å². The number of nitrogens with zero attached hydrogens (tertiary/aromatic N) is 1. The number of carbonyl (C=O) groups excluding carboxylic acids is 1. The summed E-state index contributed by atoms with van der Waals surface area (Å²) in [5, 5.41) is 12.7. The SMILES string of the molecule is O=C(NCC(O)COCC1CC1)c1ccc(Cl)cn1. The summed E-state index contributed by atoms with van der Waals surface area (Å²) in [7, 11) is 0. The molecule has 19 heavy (non-hydrogen) atoms. The third kappa shape index (κ3) is 5.14. The van der Waals surface area contributed by atoms with Crippen molar-refractivity contribution < 1.29 is 14.6 Å². The second-order valence-electron chi connectivity index (χ2n) is 4.71. The highest BCUT2D eigenvalue weighted by molar-refractivity contribution is 6.30. The van der Waals surface area contributed by atoms with E-state index in [1.807, 2.05) is 0 Å². The highest BCUT2D eigenvalue weighted by Gasteiger charge is 2.21. The van der Waals surface area contributed by atoms with E-state index in [2.05, 4.69) is 10.3 Å². The molecule has 0 aliphatic heterocycles. The van der Waals surface area contributed by atoms with Crippen molar-refractivity contribution in [3.63, 3.8) is 0 Å². The van der Waals surface area contributed by atoms with E-state index in [1.54, 1.807) is 6.07 Å². The van der Waals surface area contributed by atoms with Crippen LogP contribution in [0.2, 0.25) is 5.02 Å². The van der Waals surface area contributed by atoms with Crippen LogP contribution < -0.4 is 5.32 Å². The fourth-order valence-corrected chi connectivity index (χ4v) is 1.64. The molecule has 0 saturated heterocycles. The molecule has 0 radical (unpaired) electrons. The molecule has 0 bridgehead atoms. The molecule has 1 aliphatic rings. The molecule has 1 aromatic rings. The summed E-state index contributed by atoms with van der Waals surface area (Å²) in [5.41, 5.74) is 0.274. The molecule has 5 nitrogen and oxygen atoms in total. The minimum atomic E-state index is -0.699. The van der Waals surface area contributed by atoms with Gasteiger partial charge in [-0.25, -0.2) is 4.98 Å². The molecule has 6 heteroatoms. The van der Waals surface area contributed by atoms with Gasteiger partial charge in [-0.05, 0) is 30.9 Å². The maximum Gasteiger partial charge on any atom is 0.269 e. The van der Waals surface area contributed by atoms with E-state index in [9.17, 15) is 9.90 Å². The number of aromatic nitrogens is 1. The third-order valence-electron chi connectivity index (χ3n) is 2.82. The van der Waals surface area contributed by atoms with Crippen LogP contribution in [0.3, 0.4) is 0 Å². The van der Waals surface area contributed by atoms with E-state index in [4.69, 9.17) is 16.3 Å². The van der Waals surface area contributed by atoms with E-state index in [1.165, 1.54) is 25.1 Å². The first-order valence-corrected chi connectivity index (χ1v) is 6.68. The smallest absolute Gasteiger partial charge is 0.269 e. The van der Waals surface area contributed by atoms with Gasteiger partial charge in [0.1, 0.15) is 5.69 Å². The van der Waals surface area contributed by atoms with Crippen LogP contribution in [0, 0.1) is 5.92 Å². The van der Waals surface area contributed by atoms with Crippen molar-refractivity contribution in [2.24, 2.45) is 5.92 Å². The molecule has 1 amide bonds. The van der Waals surface area contributed by atoms with Gasteiger partial charge in [0.2, 0.25) is 0 Å². The van der Waals surface area contributed by atoms with Gasteiger partial charge in [-0.15, -0.1) is 0 Å². The van der Waals surface area contributed by atoms with Crippen molar-refractivity contribution in [2.75, 3.05) is 19.8 Å². The zero-order chi connectivity index (χ0) is 13.7. The molecule has 1 aromatic heterocycles. The molecule has 1 fully saturated rings. The fraction of sp³-hybridized carbons (Fsp3) is 0.538. The molecule has 1 heterocycles. The molecule has 2 N–H and O–H groups in total. The van der Waals surface area contributed by atoms with Crippen molar-refractivity contribution in [1.29, 1.82) is 0 Å². The summed E-state index contributed by atoms with van der Waals surface area (Å²) in [5.74, 6) is 0.331. The first-order chi connectivity index (χ1) is 9.15. The first-order valence-electron chi connectivity index (χ1n) is 6.30. The van der Waals surface area contributed by atoms with E-state index in [0.717, 1.165) is 0 Å². The summed E-state index contributed by atoms with van der Waals surface area (Å²) in [4.78, 5) is 15.6. The maximum absolute atomic E-state index is 11.7. The Kier molecular flexibility index (Phi) is 5.13. The van der Waals surface area contributed by atoms with Gasteiger partial charge in [-0.3, -0.25) is 4.79 Å². The van der Waals surface area contributed by atoms with Crippen molar-refractivity contribution in [3.05, 3.63) is 29.0 Å². The number of aliphatic hydroxyl groups is 1. The van der Waals surface area contributed by atoms with E-state index in [-0.39, 0.29) is 24.8 Å². The lowest BCUT2D eigenvalue weighted by molar-refractivity contribution is 0.0320. The molecule has 1 aliphatic carbocycles. The Morgan fingerprint density at radius 3 is 3.00 bits per heavy atom. The van der Waals surface area contributed by atoms with Gasteiger partial charge in [0, 0.05) is 19.3 Å². The molecule has 0 spiro atoms. The highest BCUT2D eigenvalue weighted by atomic mass is 35.5. The number of amides is 1. The molecule has 2 rings (SSSR count). The van der Waals surface area contributed by atoms with Crippen LogP contribution in [-0.4, -0.2) is 41.9 Å². The quantitative estimate of drug-likeness (QED) is 0.790. The number of hydrogen-bond donors (Lipinski definition) is 2. The van der Waals surface area contributed by atoms with Crippen molar-refractivity contribution >= 4 is 17.5 Å². The first kappa shape index (κ1) is 14.2. The zero-order valence-electron chi connectivity index (χ0n) is 10.5. The highest BCUT2D eigenvalue weighted by Crippen LogP contribution is 2.28. The largest absolute Gasteiger partial charge is 0.389 e. The predicted octanol–water partition coefficient (Wildman–Crippen LogP) is 1.25. The third-order valence-corrected chi connectivity index (χ3v) is 3.04. The lowest BCUT2D eigenvalue weighted by atomic mass is 10.3. The zero-order valence-corrected chi connectivity index (χ0v) is 11.3. The van der Waals surface area contributed by atoms with Gasteiger partial charge in [0.05, 0.1) is 17.7 Å². The number of hydrogen-bond acceptors (Lipinski definition) is 4. The summed E-state index contributed by atoms with van der Waals surface area (Å²) in [6.45, 7) is 1.09. The Labute approximate surface area is 116 Å². The second kappa shape index (κ2) is 6.84. The fourth-order valence-electron chi connectivity index (χ4n) is 1.53. The Morgan fingerprint density at radius 1 is 1.58 bits per heavy atom. The van der Waals surface area contributed by atoms with Gasteiger partial charge in [-0.1, -0.05) is 11.6 Å². The molecule has 1 saturated carbocycles. The normalized spacial score (nSPS) is 16.1. The Bertz CT molecular complexity index is 420. The Hall–Kier alpha value is -1.17. The second-order valence-corrected chi connectivity index (χ2v) is 5.14. The number of carbonyl (C=O) groups is 1. The van der Waals surface area contributed by atoms with Crippen LogP contribution in [0.15, 0.2) is 18.3 Å². The van der Waals surface area contributed by atoms with E-state index >= 15 is 0 Å². The molecule has 1 unspecified atom stereocenters. The summed E-state index contributed by atoms with van der Waals surface area (Å²) >= 11 is 5.68. The van der Waals surface area contributed by atoms with Crippen molar-refractivity contribution in [3.8, 4) is 0 Å². The van der Waals surface area contributed by atoms with Crippen LogP contribution in [0.25, 0.3) is 0 Å². The van der Waals surface area contributed by atoms with Crippen LogP contribution in [0.5, 0.6) is 0 Å². The topological polar surface area (TPSA) is 71.5 Å². The van der Waals surface area contributed by atoms with Crippen molar-refractivity contribution in [2.45, 2.75) is 18.9 Å². The van der Waals surface area contributed by atoms with Gasteiger partial charge in [0.15, 0.2) is 0 Å². The lowest BCUT2D eigenvalue weighted by Gasteiger charge is -2.12. The molecular weight excluding hydrogens is 268 g/mol. The monoisotopic (exact) mass is 284 g/mol. The number of nitrogens with one attached hydrogen (secondary N) is 1. The number of ether oxygens (including phenoxy) is 1. The minimum Gasteiger partial charge on any atom is -0.389 e. The average Bonchev–Trinajstić information content (AvgIpc) is 3.21. The molecular formula is C13H17ClN2O3. The maximum atomic E-state index is 11.7. The standard InChI is InChI=1S/C13H17ClN2O3/c14-10-3-4-12(15-5-10)13(18)16-6-11(17)8-19-7-9-1-2-9/h3-5,9,11,17H,1-2,6-8H2,(H,16,18). The van der Waals surface area contributed by atoms with Crippen LogP contribution in [0.1, 0.15) is 23.3 Å². The van der Waals surface area contributed by atoms with Crippen molar-refractivity contribution in [1.82, 2.24) is 10.3 Å². The number of aliphatic hydroxyl groups excluding tert-OH is 1. The summed E-state index contributed by atoms with van der Waals surface area (Å²) < 4.78 is 5.34. The van der Waals surface area contributed by atoms with Gasteiger partial charge in [-0.2, -0.15) is 0 Å². The van der Waals surface area contributed by atoms with E-state index < -0.39 is 6.10 Å². The molecule has 1 atom stereocenters.